The molecule has 0 saturated carbocycles. The van der Waals surface area contributed by atoms with E-state index in [-0.39, 0.29) is 17.7 Å². The molecule has 1 atom stereocenters. The van der Waals surface area contributed by atoms with Crippen LogP contribution in [0.4, 0.5) is 0 Å². The Morgan fingerprint density at radius 3 is 2.16 bits per heavy atom. The van der Waals surface area contributed by atoms with Crippen molar-refractivity contribution in [1.82, 2.24) is 5.01 Å². The zero-order chi connectivity index (χ0) is 22.5. The summed E-state index contributed by atoms with van der Waals surface area (Å²) in [6.45, 7) is 0. The number of ether oxygens (including phenoxy) is 2. The van der Waals surface area contributed by atoms with Crippen LogP contribution in [0.15, 0.2) is 82.8 Å². The highest BCUT2D eigenvalue weighted by atomic mass is 35.5. The number of hydrogen-bond acceptors (Lipinski definition) is 5. The van der Waals surface area contributed by atoms with E-state index in [1.165, 1.54) is 11.8 Å². The first-order valence-electron chi connectivity index (χ1n) is 10.1. The highest BCUT2D eigenvalue weighted by Gasteiger charge is 2.33. The van der Waals surface area contributed by atoms with Crippen LogP contribution in [0.1, 0.15) is 23.6 Å². The topological polar surface area (TPSA) is 51.1 Å². The highest BCUT2D eigenvalue weighted by molar-refractivity contribution is 8.00. The molecule has 0 aliphatic carbocycles. The second kappa shape index (κ2) is 10.1. The molecule has 164 valence electrons. The van der Waals surface area contributed by atoms with Gasteiger partial charge in [-0.25, -0.2) is 5.01 Å². The summed E-state index contributed by atoms with van der Waals surface area (Å²) in [6, 6.07) is 22.9. The monoisotopic (exact) mass is 466 g/mol. The number of methoxy groups -OCH3 is 2. The molecule has 3 aromatic rings. The minimum absolute atomic E-state index is 0.0470. The summed E-state index contributed by atoms with van der Waals surface area (Å²) in [4.78, 5) is 14.2. The lowest BCUT2D eigenvalue weighted by Gasteiger charge is -2.22. The number of rotatable bonds is 7. The summed E-state index contributed by atoms with van der Waals surface area (Å²) in [5.41, 5.74) is 2.87. The zero-order valence-electron chi connectivity index (χ0n) is 17.8. The van der Waals surface area contributed by atoms with E-state index in [1.54, 1.807) is 19.2 Å². The Morgan fingerprint density at radius 1 is 0.969 bits per heavy atom. The van der Waals surface area contributed by atoms with Gasteiger partial charge in [0.1, 0.15) is 11.5 Å². The van der Waals surface area contributed by atoms with E-state index in [0.29, 0.717) is 11.4 Å². The molecule has 0 N–H and O–H groups in total. The molecule has 5 nitrogen and oxygen atoms in total. The van der Waals surface area contributed by atoms with Gasteiger partial charge in [0.25, 0.3) is 5.91 Å². The fourth-order valence-corrected chi connectivity index (χ4v) is 4.40. The molecule has 0 saturated heterocycles. The van der Waals surface area contributed by atoms with Gasteiger partial charge in [-0.1, -0.05) is 23.7 Å². The predicted octanol–water partition coefficient (Wildman–Crippen LogP) is 5.83. The van der Waals surface area contributed by atoms with E-state index in [4.69, 9.17) is 26.2 Å². The maximum absolute atomic E-state index is 13.2. The SMILES string of the molecule is COc1ccc(C2=NN(C(=O)CSc3ccc(Cl)cc3)C(c3ccc(OC)cc3)C2)cc1. The van der Waals surface area contributed by atoms with Gasteiger partial charge in [-0.3, -0.25) is 4.79 Å². The zero-order valence-corrected chi connectivity index (χ0v) is 19.4. The predicted molar refractivity (Wildman–Crippen MR) is 129 cm³/mol. The van der Waals surface area contributed by atoms with Crippen molar-refractivity contribution in [2.45, 2.75) is 17.4 Å². The summed E-state index contributed by atoms with van der Waals surface area (Å²) in [5.74, 6) is 1.80. The lowest BCUT2D eigenvalue weighted by atomic mass is 9.98. The average Bonchev–Trinajstić information content (AvgIpc) is 3.29. The lowest BCUT2D eigenvalue weighted by molar-refractivity contribution is -0.130. The lowest BCUT2D eigenvalue weighted by Crippen LogP contribution is -2.28. The normalized spacial score (nSPS) is 15.4. The van der Waals surface area contributed by atoms with Crippen molar-refractivity contribution in [2.75, 3.05) is 20.0 Å². The average molecular weight is 467 g/mol. The molecular formula is C25H23ClN2O3S. The molecule has 1 aliphatic heterocycles. The molecule has 0 spiro atoms. The fourth-order valence-electron chi connectivity index (χ4n) is 3.53. The minimum Gasteiger partial charge on any atom is -0.497 e. The van der Waals surface area contributed by atoms with Gasteiger partial charge in [-0.15, -0.1) is 11.8 Å². The van der Waals surface area contributed by atoms with Crippen LogP contribution in [0.25, 0.3) is 0 Å². The summed E-state index contributed by atoms with van der Waals surface area (Å²) in [7, 11) is 3.28. The number of carbonyl (C=O) groups is 1. The number of amides is 1. The number of hydrazone groups is 1. The Balaban J connectivity index is 1.57. The quantitative estimate of drug-likeness (QED) is 0.411. The number of thioether (sulfide) groups is 1. The van der Waals surface area contributed by atoms with E-state index >= 15 is 0 Å². The molecule has 0 radical (unpaired) electrons. The van der Waals surface area contributed by atoms with Gasteiger partial charge in [0, 0.05) is 16.3 Å². The standard InChI is InChI=1S/C25H23ClN2O3S/c1-30-20-9-3-17(4-10-20)23-15-24(18-5-11-21(31-2)12-6-18)28(27-23)25(29)16-32-22-13-7-19(26)8-14-22/h3-14,24H,15-16H2,1-2H3. The Kier molecular flexibility index (Phi) is 7.02. The van der Waals surface area contributed by atoms with Crippen LogP contribution in [-0.4, -0.2) is 36.6 Å². The number of halogens is 1. The van der Waals surface area contributed by atoms with E-state index in [1.807, 2.05) is 72.8 Å². The van der Waals surface area contributed by atoms with E-state index < -0.39 is 0 Å². The van der Waals surface area contributed by atoms with Crippen molar-refractivity contribution >= 4 is 35.0 Å². The van der Waals surface area contributed by atoms with Gasteiger partial charge in [0.2, 0.25) is 0 Å². The largest absolute Gasteiger partial charge is 0.497 e. The molecule has 1 aliphatic rings. The smallest absolute Gasteiger partial charge is 0.253 e. The van der Waals surface area contributed by atoms with Gasteiger partial charge in [-0.2, -0.15) is 5.10 Å². The third-order valence-electron chi connectivity index (χ3n) is 5.27. The molecule has 4 rings (SSSR count). The molecule has 7 heteroatoms. The molecule has 1 amide bonds. The van der Waals surface area contributed by atoms with Crippen LogP contribution in [0.5, 0.6) is 11.5 Å². The Labute approximate surface area is 197 Å². The molecule has 3 aromatic carbocycles. The van der Waals surface area contributed by atoms with Crippen LogP contribution < -0.4 is 9.47 Å². The van der Waals surface area contributed by atoms with Crippen LogP contribution in [0.3, 0.4) is 0 Å². The summed E-state index contributed by atoms with van der Waals surface area (Å²) in [5, 5.41) is 7.02. The van der Waals surface area contributed by atoms with Crippen LogP contribution in [0.2, 0.25) is 5.02 Å². The van der Waals surface area contributed by atoms with Crippen molar-refractivity contribution in [1.29, 1.82) is 0 Å². The molecule has 32 heavy (non-hydrogen) atoms. The number of carbonyl (C=O) groups excluding carboxylic acids is 1. The van der Waals surface area contributed by atoms with Crippen molar-refractivity contribution in [3.63, 3.8) is 0 Å². The van der Waals surface area contributed by atoms with Crippen molar-refractivity contribution in [3.8, 4) is 11.5 Å². The Hall–Kier alpha value is -2.96. The van der Waals surface area contributed by atoms with E-state index in [9.17, 15) is 4.79 Å². The maximum Gasteiger partial charge on any atom is 0.253 e. The number of hydrogen-bond donors (Lipinski definition) is 0. The summed E-state index contributed by atoms with van der Waals surface area (Å²) < 4.78 is 10.5. The highest BCUT2D eigenvalue weighted by Crippen LogP contribution is 2.35. The summed E-state index contributed by atoms with van der Waals surface area (Å²) >= 11 is 7.43. The first kappa shape index (κ1) is 22.2. The third kappa shape index (κ3) is 5.09. The third-order valence-corrected chi connectivity index (χ3v) is 6.51. The fraction of sp³-hybridized carbons (Fsp3) is 0.200. The van der Waals surface area contributed by atoms with Crippen molar-refractivity contribution < 1.29 is 14.3 Å². The second-order valence-corrected chi connectivity index (χ2v) is 8.73. The molecular weight excluding hydrogens is 444 g/mol. The van der Waals surface area contributed by atoms with Crippen molar-refractivity contribution in [2.24, 2.45) is 5.10 Å². The molecule has 1 unspecified atom stereocenters. The molecule has 0 aromatic heterocycles. The molecule has 1 heterocycles. The number of benzene rings is 3. The molecule has 0 bridgehead atoms. The first-order valence-corrected chi connectivity index (χ1v) is 11.5. The number of nitrogens with zero attached hydrogens (tertiary/aromatic N) is 2. The van der Waals surface area contributed by atoms with Gasteiger partial charge < -0.3 is 9.47 Å². The second-order valence-electron chi connectivity index (χ2n) is 7.25. The maximum atomic E-state index is 13.2. The Bertz CT molecular complexity index is 1100. The van der Waals surface area contributed by atoms with Crippen LogP contribution in [0, 0.1) is 0 Å². The van der Waals surface area contributed by atoms with Gasteiger partial charge in [-0.05, 0) is 71.8 Å². The summed E-state index contributed by atoms with van der Waals surface area (Å²) in [6.07, 6.45) is 0.635. The van der Waals surface area contributed by atoms with Crippen LogP contribution >= 0.6 is 23.4 Å². The molecule has 0 fully saturated rings. The Morgan fingerprint density at radius 2 is 1.56 bits per heavy atom. The van der Waals surface area contributed by atoms with E-state index in [2.05, 4.69) is 0 Å². The van der Waals surface area contributed by atoms with E-state index in [0.717, 1.165) is 33.2 Å². The minimum atomic E-state index is -0.170. The van der Waals surface area contributed by atoms with Gasteiger partial charge in [0.15, 0.2) is 0 Å². The van der Waals surface area contributed by atoms with Gasteiger partial charge in [0.05, 0.1) is 31.7 Å². The van der Waals surface area contributed by atoms with Crippen LogP contribution in [-0.2, 0) is 4.79 Å². The first-order chi connectivity index (χ1) is 15.6. The van der Waals surface area contributed by atoms with Gasteiger partial charge >= 0.3 is 0 Å². The van der Waals surface area contributed by atoms with Crippen molar-refractivity contribution in [3.05, 3.63) is 88.9 Å².